The summed E-state index contributed by atoms with van der Waals surface area (Å²) in [6, 6.07) is 0. The Bertz CT molecular complexity index is 245. The average molecular weight is 242 g/mol. The highest BCUT2D eigenvalue weighted by molar-refractivity contribution is 5.37. The summed E-state index contributed by atoms with van der Waals surface area (Å²) in [4.78, 5) is 12.1. The minimum absolute atomic E-state index is 0.318. The van der Waals surface area contributed by atoms with E-state index in [0.717, 1.165) is 5.92 Å². The van der Waals surface area contributed by atoms with E-state index < -0.39 is 0 Å². The van der Waals surface area contributed by atoms with Crippen LogP contribution >= 0.6 is 0 Å². The second-order valence-corrected chi connectivity index (χ2v) is 6.14. The van der Waals surface area contributed by atoms with Gasteiger partial charge in [-0.2, -0.15) is 0 Å². The summed E-state index contributed by atoms with van der Waals surface area (Å²) in [7, 11) is 2.24. The molecule has 2 fully saturated rings. The third-order valence-electron chi connectivity index (χ3n) is 3.79. The molecule has 0 aromatic heterocycles. The largest absolute Gasteiger partial charge is 0.462 e. The standard InChI is InChI=1S/C8H16N2.C5H10O2/c1-7-5-10(2)8(7)3-4-9-6-8;1-5(2,3)7-4-6/h7,9H,3-6H2,1-2H3;4H,1-3H3. The number of nitrogens with one attached hydrogen (secondary N) is 1. The molecule has 2 unspecified atom stereocenters. The zero-order chi connectivity index (χ0) is 13.1. The first kappa shape index (κ1) is 14.5. The quantitative estimate of drug-likeness (QED) is 0.703. The Balaban J connectivity index is 0.000000185. The molecule has 2 atom stereocenters. The second-order valence-electron chi connectivity index (χ2n) is 6.14. The van der Waals surface area contributed by atoms with Gasteiger partial charge in [0.25, 0.3) is 6.47 Å². The first-order valence-electron chi connectivity index (χ1n) is 6.35. The number of likely N-dealkylation sites (N-methyl/N-ethyl adjacent to an activating group) is 1. The van der Waals surface area contributed by atoms with Crippen LogP contribution in [0.2, 0.25) is 0 Å². The second kappa shape index (κ2) is 5.36. The molecule has 0 aliphatic carbocycles. The molecule has 0 aromatic carbocycles. The van der Waals surface area contributed by atoms with Crippen LogP contribution in [-0.4, -0.2) is 49.2 Å². The van der Waals surface area contributed by atoms with Crippen molar-refractivity contribution in [3.63, 3.8) is 0 Å². The molecule has 2 aliphatic rings. The lowest BCUT2D eigenvalue weighted by molar-refractivity contribution is -0.138. The average Bonchev–Trinajstić information content (AvgIpc) is 2.68. The van der Waals surface area contributed by atoms with Crippen molar-refractivity contribution >= 4 is 6.47 Å². The molecule has 0 radical (unpaired) electrons. The Kier molecular flexibility index (Phi) is 4.55. The third-order valence-corrected chi connectivity index (χ3v) is 3.79. The van der Waals surface area contributed by atoms with Gasteiger partial charge in [-0.3, -0.25) is 9.69 Å². The molecule has 0 saturated carbocycles. The zero-order valence-corrected chi connectivity index (χ0v) is 11.7. The smallest absolute Gasteiger partial charge is 0.293 e. The van der Waals surface area contributed by atoms with Gasteiger partial charge >= 0.3 is 0 Å². The van der Waals surface area contributed by atoms with E-state index in [1.807, 2.05) is 20.8 Å². The highest BCUT2D eigenvalue weighted by Gasteiger charge is 2.50. The van der Waals surface area contributed by atoms with Crippen LogP contribution in [0.15, 0.2) is 0 Å². The number of nitrogens with zero attached hydrogens (tertiary/aromatic N) is 1. The Hall–Kier alpha value is -0.610. The van der Waals surface area contributed by atoms with E-state index >= 15 is 0 Å². The summed E-state index contributed by atoms with van der Waals surface area (Å²) in [6.07, 6.45) is 1.35. The van der Waals surface area contributed by atoms with Crippen LogP contribution in [0.1, 0.15) is 34.1 Å². The van der Waals surface area contributed by atoms with Crippen LogP contribution in [0, 0.1) is 5.92 Å². The van der Waals surface area contributed by atoms with Gasteiger partial charge < -0.3 is 10.1 Å². The molecule has 0 bridgehead atoms. The maximum atomic E-state index is 9.60. The fourth-order valence-electron chi connectivity index (χ4n) is 2.62. The van der Waals surface area contributed by atoms with Crippen molar-refractivity contribution in [1.29, 1.82) is 0 Å². The van der Waals surface area contributed by atoms with Gasteiger partial charge in [0.15, 0.2) is 0 Å². The Morgan fingerprint density at radius 1 is 1.47 bits per heavy atom. The summed E-state index contributed by atoms with van der Waals surface area (Å²) >= 11 is 0. The van der Waals surface area contributed by atoms with Crippen molar-refractivity contribution in [2.24, 2.45) is 5.92 Å². The van der Waals surface area contributed by atoms with Gasteiger partial charge in [0.05, 0.1) is 0 Å². The van der Waals surface area contributed by atoms with Gasteiger partial charge in [0, 0.05) is 18.6 Å². The molecule has 2 aliphatic heterocycles. The number of hydrogen-bond donors (Lipinski definition) is 1. The maximum absolute atomic E-state index is 9.60. The third kappa shape index (κ3) is 3.42. The van der Waals surface area contributed by atoms with Crippen LogP contribution in [-0.2, 0) is 9.53 Å². The fraction of sp³-hybridized carbons (Fsp3) is 0.923. The normalized spacial score (nSPS) is 32.6. The fourth-order valence-corrected chi connectivity index (χ4v) is 2.62. The summed E-state index contributed by atoms with van der Waals surface area (Å²) < 4.78 is 4.55. The number of hydrogen-bond acceptors (Lipinski definition) is 4. The molecule has 100 valence electrons. The van der Waals surface area contributed by atoms with Gasteiger partial charge in [-0.05, 0) is 46.7 Å². The minimum atomic E-state index is -0.318. The van der Waals surface area contributed by atoms with Crippen LogP contribution in [0.25, 0.3) is 0 Å². The molecule has 2 saturated heterocycles. The molecule has 2 heterocycles. The molecule has 1 N–H and O–H groups in total. The lowest BCUT2D eigenvalue weighted by atomic mass is 9.75. The SMILES string of the molecule is CC(C)(C)OC=O.CC1CN(C)C12CCNC2. The van der Waals surface area contributed by atoms with Gasteiger partial charge in [-0.25, -0.2) is 0 Å². The Morgan fingerprint density at radius 3 is 2.29 bits per heavy atom. The predicted octanol–water partition coefficient (Wildman–Crippen LogP) is 1.26. The maximum Gasteiger partial charge on any atom is 0.293 e. The van der Waals surface area contributed by atoms with E-state index in [1.165, 1.54) is 26.1 Å². The van der Waals surface area contributed by atoms with E-state index in [9.17, 15) is 4.79 Å². The number of carbonyl (C=O) groups is 1. The molecule has 0 aromatic rings. The zero-order valence-electron chi connectivity index (χ0n) is 11.7. The molecule has 4 heteroatoms. The van der Waals surface area contributed by atoms with Crippen molar-refractivity contribution in [2.45, 2.75) is 45.3 Å². The number of carbonyl (C=O) groups excluding carboxylic acids is 1. The molecule has 0 amide bonds. The first-order chi connectivity index (χ1) is 7.82. The van der Waals surface area contributed by atoms with E-state index in [4.69, 9.17) is 0 Å². The summed E-state index contributed by atoms with van der Waals surface area (Å²) in [6.45, 7) is 12.0. The van der Waals surface area contributed by atoms with E-state index in [0.29, 0.717) is 12.0 Å². The van der Waals surface area contributed by atoms with E-state index in [2.05, 4.69) is 28.9 Å². The van der Waals surface area contributed by atoms with Crippen molar-refractivity contribution < 1.29 is 9.53 Å². The summed E-state index contributed by atoms with van der Waals surface area (Å²) in [5.74, 6) is 0.910. The van der Waals surface area contributed by atoms with E-state index in [1.54, 1.807) is 0 Å². The highest BCUT2D eigenvalue weighted by Crippen LogP contribution is 2.39. The first-order valence-corrected chi connectivity index (χ1v) is 6.35. The monoisotopic (exact) mass is 242 g/mol. The van der Waals surface area contributed by atoms with Crippen molar-refractivity contribution in [2.75, 3.05) is 26.7 Å². The van der Waals surface area contributed by atoms with Crippen LogP contribution in [0.4, 0.5) is 0 Å². The molecular weight excluding hydrogens is 216 g/mol. The van der Waals surface area contributed by atoms with Gasteiger partial charge in [0.1, 0.15) is 5.60 Å². The summed E-state index contributed by atoms with van der Waals surface area (Å²) in [5.41, 5.74) is 0.238. The molecule has 1 spiro atoms. The number of likely N-dealkylation sites (tertiary alicyclic amines) is 1. The lowest BCUT2D eigenvalue weighted by Gasteiger charge is -2.54. The minimum Gasteiger partial charge on any atom is -0.462 e. The van der Waals surface area contributed by atoms with Crippen molar-refractivity contribution in [3.8, 4) is 0 Å². The van der Waals surface area contributed by atoms with Crippen molar-refractivity contribution in [1.82, 2.24) is 10.2 Å². The van der Waals surface area contributed by atoms with Gasteiger partial charge in [-0.15, -0.1) is 0 Å². The number of ether oxygens (including phenoxy) is 1. The van der Waals surface area contributed by atoms with Crippen LogP contribution in [0.3, 0.4) is 0 Å². The molecular formula is C13H26N2O2. The predicted molar refractivity (Wildman–Crippen MR) is 68.9 cm³/mol. The lowest BCUT2D eigenvalue weighted by Crippen LogP contribution is -2.65. The summed E-state index contributed by atoms with van der Waals surface area (Å²) in [5, 5.41) is 3.43. The van der Waals surface area contributed by atoms with Crippen molar-refractivity contribution in [3.05, 3.63) is 0 Å². The molecule has 2 rings (SSSR count). The van der Waals surface area contributed by atoms with Gasteiger partial charge in [0.2, 0.25) is 0 Å². The van der Waals surface area contributed by atoms with E-state index in [-0.39, 0.29) is 5.60 Å². The topological polar surface area (TPSA) is 41.6 Å². The highest BCUT2D eigenvalue weighted by atomic mass is 16.5. The number of rotatable bonds is 1. The van der Waals surface area contributed by atoms with Crippen LogP contribution < -0.4 is 5.32 Å². The Morgan fingerprint density at radius 2 is 2.12 bits per heavy atom. The Labute approximate surface area is 105 Å². The molecule has 4 nitrogen and oxygen atoms in total. The van der Waals surface area contributed by atoms with Gasteiger partial charge in [-0.1, -0.05) is 6.92 Å². The molecule has 17 heavy (non-hydrogen) atoms. The van der Waals surface area contributed by atoms with Crippen LogP contribution in [0.5, 0.6) is 0 Å².